The summed E-state index contributed by atoms with van der Waals surface area (Å²) < 4.78 is 6.54. The molecule has 0 heterocycles. The van der Waals surface area contributed by atoms with Crippen LogP contribution in [0, 0.1) is 5.92 Å². The fourth-order valence-corrected chi connectivity index (χ4v) is 3.36. The molecule has 0 atom stereocenters. The second-order valence-electron chi connectivity index (χ2n) is 6.36. The van der Waals surface area contributed by atoms with Gasteiger partial charge in [0, 0.05) is 25.4 Å². The molecule has 2 N–H and O–H groups in total. The van der Waals surface area contributed by atoms with Crippen molar-refractivity contribution in [2.75, 3.05) is 19.7 Å². The maximum atomic E-state index is 12.0. The monoisotopic (exact) mass is 410 g/mol. The average Bonchev–Trinajstić information content (AvgIpc) is 2.64. The molecule has 5 nitrogen and oxygen atoms in total. The van der Waals surface area contributed by atoms with Gasteiger partial charge in [0.15, 0.2) is 0 Å². The van der Waals surface area contributed by atoms with Gasteiger partial charge in [-0.05, 0) is 47.3 Å². The highest BCUT2D eigenvalue weighted by molar-refractivity contribution is 9.10. The number of nitrogens with one attached hydrogen (secondary N) is 2. The van der Waals surface area contributed by atoms with Crippen molar-refractivity contribution in [1.82, 2.24) is 10.6 Å². The average molecular weight is 411 g/mol. The summed E-state index contributed by atoms with van der Waals surface area (Å²) in [6, 6.07) is 7.65. The van der Waals surface area contributed by atoms with E-state index in [2.05, 4.69) is 26.6 Å². The van der Waals surface area contributed by atoms with E-state index in [1.807, 2.05) is 24.3 Å². The van der Waals surface area contributed by atoms with Gasteiger partial charge in [0.1, 0.15) is 5.75 Å². The summed E-state index contributed by atoms with van der Waals surface area (Å²) in [7, 11) is 0. The molecule has 1 aliphatic carbocycles. The van der Waals surface area contributed by atoms with Crippen molar-refractivity contribution in [3.05, 3.63) is 28.7 Å². The number of amides is 2. The highest BCUT2D eigenvalue weighted by Crippen LogP contribution is 2.24. The normalized spacial score (nSPS) is 14.8. The van der Waals surface area contributed by atoms with Crippen LogP contribution in [0.5, 0.6) is 5.75 Å². The van der Waals surface area contributed by atoms with Crippen LogP contribution in [0.1, 0.15) is 44.9 Å². The van der Waals surface area contributed by atoms with Crippen LogP contribution >= 0.6 is 15.9 Å². The fraction of sp³-hybridized carbons (Fsp3) is 0.579. The third kappa shape index (κ3) is 7.46. The number of rotatable bonds is 9. The molecule has 1 aromatic carbocycles. The van der Waals surface area contributed by atoms with Gasteiger partial charge in [0.2, 0.25) is 11.8 Å². The topological polar surface area (TPSA) is 67.4 Å². The second kappa shape index (κ2) is 11.1. The Morgan fingerprint density at radius 2 is 1.80 bits per heavy atom. The first kappa shape index (κ1) is 19.8. The van der Waals surface area contributed by atoms with Crippen LogP contribution in [-0.4, -0.2) is 31.5 Å². The molecule has 0 unspecified atom stereocenters. The molecule has 6 heteroatoms. The summed E-state index contributed by atoms with van der Waals surface area (Å²) in [6.45, 7) is 1.46. The summed E-state index contributed by atoms with van der Waals surface area (Å²) in [4.78, 5) is 23.8. The molecular weight excluding hydrogens is 384 g/mol. The Balaban J connectivity index is 1.49. The summed E-state index contributed by atoms with van der Waals surface area (Å²) in [6.07, 6.45) is 6.60. The van der Waals surface area contributed by atoms with Crippen LogP contribution in [-0.2, 0) is 9.59 Å². The molecule has 0 bridgehead atoms. The summed E-state index contributed by atoms with van der Waals surface area (Å²) in [5, 5.41) is 5.75. The van der Waals surface area contributed by atoms with E-state index in [9.17, 15) is 9.59 Å². The zero-order valence-electron chi connectivity index (χ0n) is 14.6. The van der Waals surface area contributed by atoms with Crippen molar-refractivity contribution in [3.63, 3.8) is 0 Å². The Hall–Kier alpha value is -1.56. The first-order valence-electron chi connectivity index (χ1n) is 9.08. The quantitative estimate of drug-likeness (QED) is 0.612. The van der Waals surface area contributed by atoms with Crippen LogP contribution < -0.4 is 15.4 Å². The molecular formula is C19H27BrN2O3. The maximum absolute atomic E-state index is 12.0. The Kier molecular flexibility index (Phi) is 8.80. The van der Waals surface area contributed by atoms with Crippen LogP contribution in [0.4, 0.5) is 0 Å². The van der Waals surface area contributed by atoms with Crippen molar-refractivity contribution in [2.45, 2.75) is 44.9 Å². The minimum Gasteiger partial charge on any atom is -0.492 e. The predicted molar refractivity (Wildman–Crippen MR) is 101 cm³/mol. The zero-order valence-corrected chi connectivity index (χ0v) is 16.1. The van der Waals surface area contributed by atoms with Crippen LogP contribution in [0.2, 0.25) is 0 Å². The predicted octanol–water partition coefficient (Wildman–Crippen LogP) is 3.42. The lowest BCUT2D eigenvalue weighted by molar-refractivity contribution is -0.126. The molecule has 0 aromatic heterocycles. The van der Waals surface area contributed by atoms with Gasteiger partial charge in [-0.1, -0.05) is 31.4 Å². The number of hydrogen-bond acceptors (Lipinski definition) is 3. The van der Waals surface area contributed by atoms with Gasteiger partial charge < -0.3 is 15.4 Å². The molecule has 138 valence electrons. The van der Waals surface area contributed by atoms with Crippen LogP contribution in [0.15, 0.2) is 28.7 Å². The minimum atomic E-state index is -0.0114. The van der Waals surface area contributed by atoms with Crippen molar-refractivity contribution >= 4 is 27.7 Å². The van der Waals surface area contributed by atoms with Crippen molar-refractivity contribution in [2.24, 2.45) is 5.92 Å². The molecule has 2 amide bonds. The largest absolute Gasteiger partial charge is 0.492 e. The highest BCUT2D eigenvalue weighted by Gasteiger charge is 2.20. The molecule has 1 fully saturated rings. The lowest BCUT2D eigenvalue weighted by Crippen LogP contribution is -2.38. The minimum absolute atomic E-state index is 0.0114. The molecule has 0 aliphatic heterocycles. The van der Waals surface area contributed by atoms with Crippen LogP contribution in [0.25, 0.3) is 0 Å². The molecule has 2 rings (SSSR count). The van der Waals surface area contributed by atoms with E-state index in [1.54, 1.807) is 0 Å². The Morgan fingerprint density at radius 3 is 2.56 bits per heavy atom. The van der Waals surface area contributed by atoms with Gasteiger partial charge >= 0.3 is 0 Å². The zero-order chi connectivity index (χ0) is 17.9. The number of halogens is 1. The van der Waals surface area contributed by atoms with Gasteiger partial charge in [-0.25, -0.2) is 0 Å². The Bertz CT molecular complexity index is 559. The Labute approximate surface area is 158 Å². The lowest BCUT2D eigenvalue weighted by atomic mass is 9.89. The number of carbonyl (C=O) groups excluding carboxylic acids is 2. The SMILES string of the molecule is O=C(CCCOc1ccccc1Br)NCCNC(=O)C1CCCCC1. The second-order valence-corrected chi connectivity index (χ2v) is 7.21. The number of hydrogen-bond donors (Lipinski definition) is 2. The molecule has 1 aliphatic rings. The van der Waals surface area contributed by atoms with Crippen molar-refractivity contribution < 1.29 is 14.3 Å². The van der Waals surface area contributed by atoms with E-state index in [0.717, 1.165) is 35.9 Å². The summed E-state index contributed by atoms with van der Waals surface area (Å²) >= 11 is 3.42. The molecule has 0 saturated heterocycles. The van der Waals surface area contributed by atoms with Gasteiger partial charge in [0.25, 0.3) is 0 Å². The molecule has 1 aromatic rings. The van der Waals surface area contributed by atoms with Gasteiger partial charge in [0.05, 0.1) is 11.1 Å². The smallest absolute Gasteiger partial charge is 0.223 e. The third-order valence-corrected chi connectivity index (χ3v) is 5.02. The van der Waals surface area contributed by atoms with E-state index in [4.69, 9.17) is 4.74 Å². The Morgan fingerprint density at radius 1 is 1.08 bits per heavy atom. The van der Waals surface area contributed by atoms with Crippen molar-refractivity contribution in [1.29, 1.82) is 0 Å². The van der Waals surface area contributed by atoms with E-state index in [0.29, 0.717) is 32.5 Å². The van der Waals surface area contributed by atoms with E-state index >= 15 is 0 Å². The first-order valence-corrected chi connectivity index (χ1v) is 9.88. The first-order chi connectivity index (χ1) is 12.2. The summed E-state index contributed by atoms with van der Waals surface area (Å²) in [5.74, 6) is 1.07. The molecule has 0 radical (unpaired) electrons. The van der Waals surface area contributed by atoms with E-state index < -0.39 is 0 Å². The van der Waals surface area contributed by atoms with Crippen LogP contribution in [0.3, 0.4) is 0 Å². The maximum Gasteiger partial charge on any atom is 0.223 e. The summed E-state index contributed by atoms with van der Waals surface area (Å²) in [5.41, 5.74) is 0. The van der Waals surface area contributed by atoms with Crippen molar-refractivity contribution in [3.8, 4) is 5.75 Å². The fourth-order valence-electron chi connectivity index (χ4n) is 2.96. The van der Waals surface area contributed by atoms with Gasteiger partial charge in [-0.2, -0.15) is 0 Å². The molecule has 25 heavy (non-hydrogen) atoms. The standard InChI is InChI=1S/C19H27BrN2O3/c20-16-9-4-5-10-17(16)25-14-6-11-18(23)21-12-13-22-19(24)15-7-2-1-3-8-15/h4-5,9-10,15H,1-3,6-8,11-14H2,(H,21,23)(H,22,24). The number of benzene rings is 1. The number of ether oxygens (including phenoxy) is 1. The third-order valence-electron chi connectivity index (χ3n) is 4.36. The lowest BCUT2D eigenvalue weighted by Gasteiger charge is -2.20. The molecule has 0 spiro atoms. The molecule has 1 saturated carbocycles. The van der Waals surface area contributed by atoms with E-state index in [-0.39, 0.29) is 17.7 Å². The van der Waals surface area contributed by atoms with E-state index in [1.165, 1.54) is 6.42 Å². The van der Waals surface area contributed by atoms with Gasteiger partial charge in [-0.3, -0.25) is 9.59 Å². The number of carbonyl (C=O) groups is 2. The highest BCUT2D eigenvalue weighted by atomic mass is 79.9. The number of para-hydroxylation sites is 1. The van der Waals surface area contributed by atoms with Gasteiger partial charge in [-0.15, -0.1) is 0 Å².